The van der Waals surface area contributed by atoms with E-state index < -0.39 is 0 Å². The minimum atomic E-state index is -0.0985. The summed E-state index contributed by atoms with van der Waals surface area (Å²) >= 11 is 2.34. The van der Waals surface area contributed by atoms with Crippen molar-refractivity contribution >= 4 is 45.5 Å². The molecule has 3 aliphatic rings. The number of hydrogen-bond acceptors (Lipinski definition) is 7. The van der Waals surface area contributed by atoms with Gasteiger partial charge in [0.05, 0.1) is 34.2 Å². The number of hydrogen-bond donors (Lipinski definition) is 0. The topological polar surface area (TPSA) is 76.8 Å². The Morgan fingerprint density at radius 3 is 1.37 bits per heavy atom. The lowest BCUT2D eigenvalue weighted by Gasteiger charge is -2.21. The smallest absolute Gasteiger partial charge is 0.139 e. The van der Waals surface area contributed by atoms with Crippen LogP contribution in [0.2, 0.25) is 0 Å². The molecule has 6 nitrogen and oxygen atoms in total. The van der Waals surface area contributed by atoms with Crippen LogP contribution < -0.4 is 0 Å². The molecule has 0 radical (unpaired) electrons. The summed E-state index contributed by atoms with van der Waals surface area (Å²) in [5.41, 5.74) is 16.8. The van der Waals surface area contributed by atoms with E-state index in [1.807, 2.05) is 24.3 Å². The van der Waals surface area contributed by atoms with Crippen LogP contribution in [0.3, 0.4) is 0 Å². The molecule has 0 fully saturated rings. The van der Waals surface area contributed by atoms with Crippen LogP contribution in [0.4, 0.5) is 11.4 Å². The summed E-state index contributed by atoms with van der Waals surface area (Å²) in [5.74, 6) is 2.94. The molecular formula is C44H30N4O2S2. The van der Waals surface area contributed by atoms with E-state index in [9.17, 15) is 0 Å². The molecule has 3 aromatic heterocycles. The first-order valence-corrected chi connectivity index (χ1v) is 18.9. The van der Waals surface area contributed by atoms with Crippen LogP contribution in [0.15, 0.2) is 127 Å². The van der Waals surface area contributed by atoms with E-state index in [4.69, 9.17) is 26.3 Å². The molecule has 0 unspecified atom stereocenters. The zero-order valence-electron chi connectivity index (χ0n) is 28.8. The maximum atomic E-state index is 6.65. The molecule has 52 heavy (non-hydrogen) atoms. The molecule has 0 atom stereocenters. The van der Waals surface area contributed by atoms with Gasteiger partial charge in [0.1, 0.15) is 45.4 Å². The van der Waals surface area contributed by atoms with Crippen molar-refractivity contribution < 1.29 is 8.83 Å². The highest BCUT2D eigenvalue weighted by atomic mass is 32.1. The fourth-order valence-corrected chi connectivity index (χ4v) is 9.81. The summed E-state index contributed by atoms with van der Waals surface area (Å²) in [6.45, 7) is 9.17. The number of aromatic nitrogens is 2. The zero-order valence-corrected chi connectivity index (χ0v) is 30.4. The highest BCUT2D eigenvalue weighted by molar-refractivity contribution is 7.58. The summed E-state index contributed by atoms with van der Waals surface area (Å²) in [7, 11) is 0. The van der Waals surface area contributed by atoms with Crippen LogP contribution >= 0.6 is 11.7 Å². The van der Waals surface area contributed by atoms with E-state index in [-0.39, 0.29) is 10.8 Å². The fourth-order valence-electron chi connectivity index (χ4n) is 8.69. The van der Waals surface area contributed by atoms with Gasteiger partial charge in [-0.2, -0.15) is 17.5 Å². The average Bonchev–Trinajstić information content (AvgIpc) is 4.03. The van der Waals surface area contributed by atoms with Crippen molar-refractivity contribution in [2.45, 2.75) is 38.5 Å². The molecular weight excluding hydrogens is 681 g/mol. The van der Waals surface area contributed by atoms with E-state index in [1.54, 1.807) is 0 Å². The second kappa shape index (κ2) is 10.4. The number of furan rings is 2. The maximum absolute atomic E-state index is 6.65. The maximum Gasteiger partial charge on any atom is 0.139 e. The van der Waals surface area contributed by atoms with Gasteiger partial charge in [0.15, 0.2) is 0 Å². The number of benzene rings is 5. The Morgan fingerprint density at radius 2 is 0.885 bits per heavy atom. The SMILES string of the molecule is CC1(C)c2ccccc2-c2ccc(-c3ccc(-c4c5c(c(-c6ccc(-c7ccc8c(c7)C(C)(C)c7ccccc7-8)o6)c6nsnc46)N=S=N5)o3)cc21. The van der Waals surface area contributed by atoms with Crippen molar-refractivity contribution in [3.8, 4) is 67.5 Å². The molecule has 4 heterocycles. The Labute approximate surface area is 308 Å². The third-order valence-electron chi connectivity index (χ3n) is 11.4. The van der Waals surface area contributed by atoms with Gasteiger partial charge in [-0.3, -0.25) is 0 Å². The van der Waals surface area contributed by atoms with Crippen molar-refractivity contribution in [3.05, 3.63) is 131 Å². The molecule has 0 amide bonds. The molecule has 0 spiro atoms. The van der Waals surface area contributed by atoms with Gasteiger partial charge in [-0.25, -0.2) is 0 Å². The zero-order chi connectivity index (χ0) is 34.9. The highest BCUT2D eigenvalue weighted by Gasteiger charge is 2.37. The largest absolute Gasteiger partial charge is 0.456 e. The summed E-state index contributed by atoms with van der Waals surface area (Å²) < 4.78 is 32.5. The normalized spacial score (nSPS) is 15.3. The lowest BCUT2D eigenvalue weighted by Crippen LogP contribution is -2.14. The van der Waals surface area contributed by atoms with Crippen LogP contribution in [0.25, 0.3) is 78.6 Å². The monoisotopic (exact) mass is 710 g/mol. The Morgan fingerprint density at radius 1 is 0.462 bits per heavy atom. The van der Waals surface area contributed by atoms with Gasteiger partial charge >= 0.3 is 0 Å². The molecule has 8 aromatic rings. The summed E-state index contributed by atoms with van der Waals surface area (Å²) in [4.78, 5) is 0. The predicted molar refractivity (Wildman–Crippen MR) is 210 cm³/mol. The van der Waals surface area contributed by atoms with Crippen molar-refractivity contribution in [3.63, 3.8) is 0 Å². The second-order valence-electron chi connectivity index (χ2n) is 14.9. The fraction of sp³-hybridized carbons (Fsp3) is 0.136. The average molecular weight is 711 g/mol. The van der Waals surface area contributed by atoms with Gasteiger partial charge in [0, 0.05) is 22.0 Å². The van der Waals surface area contributed by atoms with Crippen LogP contribution in [0.1, 0.15) is 49.9 Å². The van der Waals surface area contributed by atoms with E-state index in [1.165, 1.54) is 67.6 Å². The summed E-state index contributed by atoms with van der Waals surface area (Å²) in [6.07, 6.45) is 0. The molecule has 250 valence electrons. The summed E-state index contributed by atoms with van der Waals surface area (Å²) in [5, 5.41) is 0. The van der Waals surface area contributed by atoms with Crippen molar-refractivity contribution in [2.24, 2.45) is 8.73 Å². The van der Waals surface area contributed by atoms with E-state index in [2.05, 4.69) is 113 Å². The molecule has 1 aliphatic heterocycles. The first-order chi connectivity index (χ1) is 25.3. The number of fused-ring (bicyclic) bond motifs is 8. The minimum Gasteiger partial charge on any atom is -0.456 e. The highest BCUT2D eigenvalue weighted by Crippen LogP contribution is 2.54. The van der Waals surface area contributed by atoms with Crippen LogP contribution in [-0.2, 0) is 22.2 Å². The molecule has 0 bridgehead atoms. The van der Waals surface area contributed by atoms with Gasteiger partial charge in [-0.1, -0.05) is 100 Å². The number of nitrogens with zero attached hydrogens (tertiary/aromatic N) is 4. The molecule has 8 heteroatoms. The van der Waals surface area contributed by atoms with Crippen LogP contribution in [0, 0.1) is 0 Å². The van der Waals surface area contributed by atoms with Crippen molar-refractivity contribution in [2.75, 3.05) is 0 Å². The lowest BCUT2D eigenvalue weighted by atomic mass is 9.82. The van der Waals surface area contributed by atoms with Crippen LogP contribution in [0.5, 0.6) is 0 Å². The van der Waals surface area contributed by atoms with E-state index in [0.29, 0.717) is 11.5 Å². The standard InChI is InChI=1S/C44H30N4O2S2/c1-43(2)29-11-7-5-9-25(29)27-15-13-23(21-31(27)43)33-17-19-35(49-33)37-39-41(47-51-45-39)38(42-40(37)46-52-48-42)36-20-18-34(50-36)24-14-16-28-26-10-6-8-12-30(26)44(3,4)32(28)22-24/h5-22H,1-4H3. The summed E-state index contributed by atoms with van der Waals surface area (Å²) in [6, 6.07) is 38.8. The van der Waals surface area contributed by atoms with Crippen molar-refractivity contribution in [1.29, 1.82) is 0 Å². The van der Waals surface area contributed by atoms with Crippen LogP contribution in [-0.4, -0.2) is 8.75 Å². The number of rotatable bonds is 4. The quantitative estimate of drug-likeness (QED) is 0.182. The first kappa shape index (κ1) is 30.0. The first-order valence-electron chi connectivity index (χ1n) is 17.4. The predicted octanol–water partition coefficient (Wildman–Crippen LogP) is 12.9. The van der Waals surface area contributed by atoms with E-state index in [0.717, 1.165) is 56.2 Å². The Kier molecular flexibility index (Phi) is 6.02. The van der Waals surface area contributed by atoms with Gasteiger partial charge in [-0.15, -0.1) is 0 Å². The van der Waals surface area contributed by atoms with Crippen molar-refractivity contribution in [1.82, 2.24) is 8.75 Å². The molecule has 0 N–H and O–H groups in total. The molecule has 2 aliphatic carbocycles. The van der Waals surface area contributed by atoms with Gasteiger partial charge < -0.3 is 8.83 Å². The molecule has 0 saturated carbocycles. The Hall–Kier alpha value is -5.70. The second-order valence-corrected chi connectivity index (χ2v) is 15.9. The Balaban J connectivity index is 0.984. The van der Waals surface area contributed by atoms with Gasteiger partial charge in [0.2, 0.25) is 0 Å². The molecule has 5 aromatic carbocycles. The van der Waals surface area contributed by atoms with Gasteiger partial charge in [-0.05, 0) is 80.9 Å². The molecule has 11 rings (SSSR count). The third kappa shape index (κ3) is 3.99. The molecule has 0 saturated heterocycles. The van der Waals surface area contributed by atoms with E-state index >= 15 is 0 Å². The Bertz CT molecular complexity index is 2730. The minimum absolute atomic E-state index is 0.0985. The van der Waals surface area contributed by atoms with Gasteiger partial charge in [0.25, 0.3) is 0 Å². The third-order valence-corrected chi connectivity index (χ3v) is 12.4. The lowest BCUT2D eigenvalue weighted by molar-refractivity contribution is 0.596.